The highest BCUT2D eigenvalue weighted by Crippen LogP contribution is 2.25. The number of benzene rings is 1. The second-order valence-electron chi connectivity index (χ2n) is 5.67. The largest absolute Gasteiger partial charge is 0.340 e. The van der Waals surface area contributed by atoms with Crippen molar-refractivity contribution in [2.45, 2.75) is 6.92 Å². The molecule has 122 valence electrons. The van der Waals surface area contributed by atoms with Crippen LogP contribution in [0.1, 0.15) is 16.2 Å². The molecule has 2 heterocycles. The molecule has 2 aromatic heterocycles. The van der Waals surface area contributed by atoms with Crippen LogP contribution in [0.3, 0.4) is 0 Å². The van der Waals surface area contributed by atoms with Gasteiger partial charge < -0.3 is 4.57 Å². The lowest BCUT2D eigenvalue weighted by Gasteiger charge is -2.17. The number of hydrogen-bond acceptors (Lipinski definition) is 2. The molecule has 0 aliphatic heterocycles. The number of hydrogen-bond donors (Lipinski definition) is 0. The zero-order valence-corrected chi connectivity index (χ0v) is 15.4. The van der Waals surface area contributed by atoms with Gasteiger partial charge in [0, 0.05) is 30.0 Å². The van der Waals surface area contributed by atoms with Crippen LogP contribution in [0.25, 0.3) is 11.3 Å². The van der Waals surface area contributed by atoms with Crippen LogP contribution in [0, 0.1) is 6.92 Å². The SMILES string of the molecule is Cc1cccc(N(C)C(=O)c2ccc(-c3cccc(Br)c3)n2C)n1. The van der Waals surface area contributed by atoms with Crippen molar-refractivity contribution < 1.29 is 4.79 Å². The second-order valence-corrected chi connectivity index (χ2v) is 6.59. The van der Waals surface area contributed by atoms with E-state index < -0.39 is 0 Å². The third kappa shape index (κ3) is 3.12. The van der Waals surface area contributed by atoms with Gasteiger partial charge in [-0.2, -0.15) is 0 Å². The first-order valence-electron chi connectivity index (χ1n) is 7.61. The Morgan fingerprint density at radius 3 is 2.58 bits per heavy atom. The van der Waals surface area contributed by atoms with Crippen LogP contribution < -0.4 is 4.90 Å². The first-order valence-corrected chi connectivity index (χ1v) is 8.40. The molecule has 24 heavy (non-hydrogen) atoms. The van der Waals surface area contributed by atoms with Gasteiger partial charge in [0.1, 0.15) is 11.5 Å². The van der Waals surface area contributed by atoms with Gasteiger partial charge in [-0.3, -0.25) is 9.69 Å². The second kappa shape index (κ2) is 6.61. The van der Waals surface area contributed by atoms with Crippen molar-refractivity contribution >= 4 is 27.7 Å². The van der Waals surface area contributed by atoms with Crippen molar-refractivity contribution in [2.75, 3.05) is 11.9 Å². The van der Waals surface area contributed by atoms with E-state index in [1.807, 2.05) is 73.1 Å². The zero-order chi connectivity index (χ0) is 17.3. The predicted molar refractivity (Wildman–Crippen MR) is 100 cm³/mol. The summed E-state index contributed by atoms with van der Waals surface area (Å²) in [7, 11) is 3.65. The van der Waals surface area contributed by atoms with Gasteiger partial charge in [-0.15, -0.1) is 0 Å². The Balaban J connectivity index is 1.94. The van der Waals surface area contributed by atoms with E-state index in [4.69, 9.17) is 0 Å². The number of carbonyl (C=O) groups excluding carboxylic acids is 1. The molecule has 3 aromatic rings. The van der Waals surface area contributed by atoms with E-state index in [2.05, 4.69) is 20.9 Å². The van der Waals surface area contributed by atoms with E-state index in [1.54, 1.807) is 11.9 Å². The van der Waals surface area contributed by atoms with Crippen molar-refractivity contribution in [2.24, 2.45) is 7.05 Å². The van der Waals surface area contributed by atoms with Gasteiger partial charge in [0.2, 0.25) is 0 Å². The van der Waals surface area contributed by atoms with E-state index in [9.17, 15) is 4.79 Å². The molecular weight excluding hydrogens is 366 g/mol. The van der Waals surface area contributed by atoms with E-state index in [-0.39, 0.29) is 5.91 Å². The summed E-state index contributed by atoms with van der Waals surface area (Å²) in [6.07, 6.45) is 0. The average Bonchev–Trinajstić information content (AvgIpc) is 2.95. The number of aryl methyl sites for hydroxylation is 1. The maximum atomic E-state index is 12.8. The van der Waals surface area contributed by atoms with E-state index in [0.29, 0.717) is 11.5 Å². The van der Waals surface area contributed by atoms with Crippen LogP contribution in [0.2, 0.25) is 0 Å². The minimum Gasteiger partial charge on any atom is -0.340 e. The van der Waals surface area contributed by atoms with Crippen LogP contribution in [0.15, 0.2) is 59.1 Å². The molecule has 0 saturated heterocycles. The quantitative estimate of drug-likeness (QED) is 0.670. The number of nitrogens with zero attached hydrogens (tertiary/aromatic N) is 3. The molecule has 0 atom stereocenters. The van der Waals surface area contributed by atoms with Gasteiger partial charge in [-0.05, 0) is 48.9 Å². The molecule has 0 spiro atoms. The highest BCUT2D eigenvalue weighted by molar-refractivity contribution is 9.10. The minimum atomic E-state index is -0.0863. The summed E-state index contributed by atoms with van der Waals surface area (Å²) in [5.41, 5.74) is 3.55. The summed E-state index contributed by atoms with van der Waals surface area (Å²) < 4.78 is 2.92. The summed E-state index contributed by atoms with van der Waals surface area (Å²) in [5.74, 6) is 0.557. The Labute approximate surface area is 149 Å². The van der Waals surface area contributed by atoms with E-state index >= 15 is 0 Å². The van der Waals surface area contributed by atoms with Gasteiger partial charge in [-0.1, -0.05) is 34.1 Å². The standard InChI is InChI=1S/C19H18BrN3O/c1-13-6-4-9-18(21-13)23(3)19(24)17-11-10-16(22(17)2)14-7-5-8-15(20)12-14/h4-12H,1-3H3. The number of rotatable bonds is 3. The first kappa shape index (κ1) is 16.5. The molecule has 3 rings (SSSR count). The average molecular weight is 384 g/mol. The van der Waals surface area contributed by atoms with Crippen LogP contribution >= 0.6 is 15.9 Å². The third-order valence-corrected chi connectivity index (χ3v) is 4.48. The Morgan fingerprint density at radius 1 is 1.12 bits per heavy atom. The molecule has 4 nitrogen and oxygen atoms in total. The molecule has 0 unspecified atom stereocenters. The molecule has 1 amide bonds. The number of carbonyl (C=O) groups is 1. The normalized spacial score (nSPS) is 10.7. The van der Waals surface area contributed by atoms with Gasteiger partial charge in [-0.25, -0.2) is 4.98 Å². The monoisotopic (exact) mass is 383 g/mol. The van der Waals surface area contributed by atoms with Crippen LogP contribution in [0.5, 0.6) is 0 Å². The molecule has 0 aliphatic carbocycles. The fourth-order valence-electron chi connectivity index (χ4n) is 2.66. The molecule has 0 aliphatic rings. The number of anilines is 1. The van der Waals surface area contributed by atoms with Gasteiger partial charge in [0.15, 0.2) is 0 Å². The Morgan fingerprint density at radius 2 is 1.88 bits per heavy atom. The molecular formula is C19H18BrN3O. The molecule has 0 N–H and O–H groups in total. The van der Waals surface area contributed by atoms with Gasteiger partial charge in [0.05, 0.1) is 0 Å². The van der Waals surface area contributed by atoms with Crippen molar-refractivity contribution in [1.29, 1.82) is 0 Å². The van der Waals surface area contributed by atoms with Crippen molar-refractivity contribution in [3.05, 3.63) is 70.5 Å². The summed E-state index contributed by atoms with van der Waals surface area (Å²) in [6, 6.07) is 17.5. The van der Waals surface area contributed by atoms with E-state index in [0.717, 1.165) is 21.4 Å². The smallest absolute Gasteiger partial charge is 0.275 e. The predicted octanol–water partition coefficient (Wildman–Crippen LogP) is 4.43. The Kier molecular flexibility index (Phi) is 4.53. The third-order valence-electron chi connectivity index (χ3n) is 3.98. The number of halogens is 1. The molecule has 0 bridgehead atoms. The van der Waals surface area contributed by atoms with E-state index in [1.165, 1.54) is 0 Å². The maximum absolute atomic E-state index is 12.8. The fraction of sp³-hybridized carbons (Fsp3) is 0.158. The summed E-state index contributed by atoms with van der Waals surface area (Å²) >= 11 is 3.49. The van der Waals surface area contributed by atoms with Crippen molar-refractivity contribution in [3.8, 4) is 11.3 Å². The minimum absolute atomic E-state index is 0.0863. The first-order chi connectivity index (χ1) is 11.5. The van der Waals surface area contributed by atoms with Gasteiger partial charge >= 0.3 is 0 Å². The Bertz CT molecular complexity index is 901. The number of pyridine rings is 1. The zero-order valence-electron chi connectivity index (χ0n) is 13.8. The van der Waals surface area contributed by atoms with Crippen molar-refractivity contribution in [1.82, 2.24) is 9.55 Å². The highest BCUT2D eigenvalue weighted by Gasteiger charge is 2.19. The van der Waals surface area contributed by atoms with Crippen molar-refractivity contribution in [3.63, 3.8) is 0 Å². The lowest BCUT2D eigenvalue weighted by atomic mass is 10.1. The summed E-state index contributed by atoms with van der Waals surface area (Å²) in [6.45, 7) is 1.91. The molecule has 0 saturated carbocycles. The van der Waals surface area contributed by atoms with Gasteiger partial charge in [0.25, 0.3) is 5.91 Å². The summed E-state index contributed by atoms with van der Waals surface area (Å²) in [5, 5.41) is 0. The topological polar surface area (TPSA) is 38.1 Å². The number of aromatic nitrogens is 2. The highest BCUT2D eigenvalue weighted by atomic mass is 79.9. The molecule has 5 heteroatoms. The number of amides is 1. The lowest BCUT2D eigenvalue weighted by Crippen LogP contribution is -2.29. The van der Waals surface area contributed by atoms with Crippen LogP contribution in [0.4, 0.5) is 5.82 Å². The molecule has 1 aromatic carbocycles. The van der Waals surface area contributed by atoms with Crippen LogP contribution in [-0.4, -0.2) is 22.5 Å². The Hall–Kier alpha value is -2.40. The summed E-state index contributed by atoms with van der Waals surface area (Å²) in [4.78, 5) is 18.8. The maximum Gasteiger partial charge on any atom is 0.275 e. The lowest BCUT2D eigenvalue weighted by molar-refractivity contribution is 0.0984. The molecule has 0 fully saturated rings. The molecule has 0 radical (unpaired) electrons. The fourth-order valence-corrected chi connectivity index (χ4v) is 3.05. The van der Waals surface area contributed by atoms with Crippen LogP contribution in [-0.2, 0) is 7.05 Å².